The van der Waals surface area contributed by atoms with E-state index in [0.29, 0.717) is 11.7 Å². The minimum Gasteiger partial charge on any atom is -0.333 e. The van der Waals surface area contributed by atoms with Gasteiger partial charge in [-0.05, 0) is 38.3 Å². The van der Waals surface area contributed by atoms with Gasteiger partial charge in [-0.3, -0.25) is 9.59 Å². The number of nitrogens with zero attached hydrogens (tertiary/aromatic N) is 2. The van der Waals surface area contributed by atoms with Crippen LogP contribution in [0.3, 0.4) is 0 Å². The molecule has 0 aliphatic carbocycles. The molecule has 2 saturated heterocycles. The summed E-state index contributed by atoms with van der Waals surface area (Å²) in [7, 11) is 0. The molecule has 6 heteroatoms. The van der Waals surface area contributed by atoms with E-state index in [9.17, 15) is 9.59 Å². The van der Waals surface area contributed by atoms with Crippen molar-refractivity contribution in [1.82, 2.24) is 20.4 Å². The van der Waals surface area contributed by atoms with Crippen molar-refractivity contribution in [2.24, 2.45) is 0 Å². The second-order valence-corrected chi connectivity index (χ2v) is 5.22. The Morgan fingerprint density at radius 3 is 2.89 bits per heavy atom. The monoisotopic (exact) mass is 262 g/mol. The second-order valence-electron chi connectivity index (χ2n) is 5.22. The minimum absolute atomic E-state index is 0.0764. The SMILES string of the molecule is O=C(c1ccc(=O)[nH]n1)N1CCCC1C1CCCN1. The first-order valence-electron chi connectivity index (χ1n) is 6.86. The van der Waals surface area contributed by atoms with Crippen LogP contribution in [-0.4, -0.2) is 46.2 Å². The van der Waals surface area contributed by atoms with Crippen LogP contribution in [0.4, 0.5) is 0 Å². The fourth-order valence-corrected chi connectivity index (χ4v) is 3.11. The number of nitrogens with one attached hydrogen (secondary N) is 2. The molecule has 2 aliphatic heterocycles. The normalized spacial score (nSPS) is 26.8. The number of amides is 1. The molecule has 0 saturated carbocycles. The highest BCUT2D eigenvalue weighted by Crippen LogP contribution is 2.25. The van der Waals surface area contributed by atoms with Crippen molar-refractivity contribution in [3.05, 3.63) is 28.2 Å². The lowest BCUT2D eigenvalue weighted by molar-refractivity contribution is 0.0704. The molecular weight excluding hydrogens is 244 g/mol. The van der Waals surface area contributed by atoms with Crippen molar-refractivity contribution >= 4 is 5.91 Å². The van der Waals surface area contributed by atoms with Gasteiger partial charge in [-0.2, -0.15) is 5.10 Å². The Balaban J connectivity index is 1.78. The van der Waals surface area contributed by atoms with Gasteiger partial charge in [-0.25, -0.2) is 5.10 Å². The highest BCUT2D eigenvalue weighted by atomic mass is 16.2. The van der Waals surface area contributed by atoms with E-state index in [1.807, 2.05) is 4.90 Å². The molecule has 102 valence electrons. The number of rotatable bonds is 2. The van der Waals surface area contributed by atoms with Gasteiger partial charge >= 0.3 is 0 Å². The van der Waals surface area contributed by atoms with Crippen molar-refractivity contribution < 1.29 is 4.79 Å². The van der Waals surface area contributed by atoms with Crippen LogP contribution < -0.4 is 10.9 Å². The molecule has 1 aromatic heterocycles. The Hall–Kier alpha value is -1.69. The smallest absolute Gasteiger partial charge is 0.274 e. The maximum absolute atomic E-state index is 12.4. The highest BCUT2D eigenvalue weighted by Gasteiger charge is 2.36. The van der Waals surface area contributed by atoms with Crippen LogP contribution in [0.2, 0.25) is 0 Å². The standard InChI is InChI=1S/C13H18N4O2/c18-12-6-5-10(15-16-12)13(19)17-8-2-4-11(17)9-3-1-7-14-9/h5-6,9,11,14H,1-4,7-8H2,(H,16,18). The fraction of sp³-hybridized carbons (Fsp3) is 0.615. The van der Waals surface area contributed by atoms with Crippen molar-refractivity contribution in [1.29, 1.82) is 0 Å². The highest BCUT2D eigenvalue weighted by molar-refractivity contribution is 5.92. The molecule has 0 aromatic carbocycles. The summed E-state index contributed by atoms with van der Waals surface area (Å²) in [4.78, 5) is 25.3. The maximum atomic E-state index is 12.4. The predicted molar refractivity (Wildman–Crippen MR) is 69.9 cm³/mol. The Bertz CT molecular complexity index is 501. The van der Waals surface area contributed by atoms with Gasteiger partial charge in [-0.1, -0.05) is 0 Å². The summed E-state index contributed by atoms with van der Waals surface area (Å²) in [6, 6.07) is 3.52. The van der Waals surface area contributed by atoms with Gasteiger partial charge in [0.2, 0.25) is 0 Å². The Morgan fingerprint density at radius 1 is 1.32 bits per heavy atom. The summed E-state index contributed by atoms with van der Waals surface area (Å²) in [6.07, 6.45) is 4.40. The molecule has 1 aromatic rings. The Morgan fingerprint density at radius 2 is 2.21 bits per heavy atom. The first kappa shape index (κ1) is 12.3. The lowest BCUT2D eigenvalue weighted by Gasteiger charge is -2.29. The molecule has 2 unspecified atom stereocenters. The molecular formula is C13H18N4O2. The van der Waals surface area contributed by atoms with E-state index in [1.165, 1.54) is 18.6 Å². The van der Waals surface area contributed by atoms with Gasteiger partial charge in [0.15, 0.2) is 0 Å². The summed E-state index contributed by atoms with van der Waals surface area (Å²) in [5, 5.41) is 9.63. The number of hydrogen-bond acceptors (Lipinski definition) is 4. The molecule has 2 atom stereocenters. The molecule has 0 spiro atoms. The summed E-state index contributed by atoms with van der Waals surface area (Å²) in [5.74, 6) is -0.0764. The summed E-state index contributed by atoms with van der Waals surface area (Å²) in [5.41, 5.74) is 0.0384. The zero-order valence-corrected chi connectivity index (χ0v) is 10.8. The summed E-state index contributed by atoms with van der Waals surface area (Å²) < 4.78 is 0. The van der Waals surface area contributed by atoms with E-state index in [1.54, 1.807) is 0 Å². The van der Waals surface area contributed by atoms with E-state index in [2.05, 4.69) is 15.5 Å². The van der Waals surface area contributed by atoms with Gasteiger partial charge in [0, 0.05) is 24.7 Å². The summed E-state index contributed by atoms with van der Waals surface area (Å²) >= 11 is 0. The molecule has 2 N–H and O–H groups in total. The first-order chi connectivity index (χ1) is 9.25. The van der Waals surface area contributed by atoms with Crippen LogP contribution in [0.25, 0.3) is 0 Å². The van der Waals surface area contributed by atoms with Crippen LogP contribution in [0.5, 0.6) is 0 Å². The molecule has 0 radical (unpaired) electrons. The van der Waals surface area contributed by atoms with Crippen LogP contribution in [-0.2, 0) is 0 Å². The largest absolute Gasteiger partial charge is 0.333 e. The zero-order valence-electron chi connectivity index (χ0n) is 10.8. The number of likely N-dealkylation sites (tertiary alicyclic amines) is 1. The Labute approximate surface area is 111 Å². The number of carbonyl (C=O) groups is 1. The molecule has 1 amide bonds. The predicted octanol–water partition coefficient (Wildman–Crippen LogP) is 0.126. The van der Waals surface area contributed by atoms with E-state index in [-0.39, 0.29) is 17.5 Å². The molecule has 6 nitrogen and oxygen atoms in total. The van der Waals surface area contributed by atoms with Gasteiger partial charge in [0.25, 0.3) is 11.5 Å². The van der Waals surface area contributed by atoms with Gasteiger partial charge in [-0.15, -0.1) is 0 Å². The van der Waals surface area contributed by atoms with Crippen molar-refractivity contribution in [3.63, 3.8) is 0 Å². The van der Waals surface area contributed by atoms with E-state index in [0.717, 1.165) is 32.4 Å². The number of aromatic nitrogens is 2. The van der Waals surface area contributed by atoms with Crippen LogP contribution in [0, 0.1) is 0 Å². The maximum Gasteiger partial charge on any atom is 0.274 e. The number of H-pyrrole nitrogens is 1. The van der Waals surface area contributed by atoms with E-state index >= 15 is 0 Å². The lowest BCUT2D eigenvalue weighted by Crippen LogP contribution is -2.46. The van der Waals surface area contributed by atoms with Crippen LogP contribution in [0.15, 0.2) is 16.9 Å². The first-order valence-corrected chi connectivity index (χ1v) is 6.86. The second kappa shape index (κ2) is 5.13. The summed E-state index contributed by atoms with van der Waals surface area (Å²) in [6.45, 7) is 1.82. The van der Waals surface area contributed by atoms with Gasteiger partial charge in [0.1, 0.15) is 5.69 Å². The molecule has 0 bridgehead atoms. The van der Waals surface area contributed by atoms with Crippen molar-refractivity contribution in [2.45, 2.75) is 37.8 Å². The molecule has 2 aliphatic rings. The van der Waals surface area contributed by atoms with E-state index < -0.39 is 0 Å². The zero-order chi connectivity index (χ0) is 13.2. The number of hydrogen-bond donors (Lipinski definition) is 2. The average molecular weight is 262 g/mol. The van der Waals surface area contributed by atoms with Crippen LogP contribution in [0.1, 0.15) is 36.2 Å². The number of aromatic amines is 1. The fourth-order valence-electron chi connectivity index (χ4n) is 3.11. The molecule has 19 heavy (non-hydrogen) atoms. The topological polar surface area (TPSA) is 78.1 Å². The van der Waals surface area contributed by atoms with Crippen molar-refractivity contribution in [2.75, 3.05) is 13.1 Å². The molecule has 3 heterocycles. The quantitative estimate of drug-likeness (QED) is 0.794. The molecule has 2 fully saturated rings. The van der Waals surface area contributed by atoms with Crippen LogP contribution >= 0.6 is 0 Å². The number of carbonyl (C=O) groups excluding carboxylic acids is 1. The third-order valence-corrected chi connectivity index (χ3v) is 4.02. The van der Waals surface area contributed by atoms with Gasteiger partial charge in [0.05, 0.1) is 0 Å². The molecule has 3 rings (SSSR count). The Kier molecular flexibility index (Phi) is 3.33. The van der Waals surface area contributed by atoms with Gasteiger partial charge < -0.3 is 10.2 Å². The lowest BCUT2D eigenvalue weighted by atomic mass is 10.0. The van der Waals surface area contributed by atoms with E-state index in [4.69, 9.17) is 0 Å². The van der Waals surface area contributed by atoms with Crippen molar-refractivity contribution in [3.8, 4) is 0 Å². The minimum atomic E-state index is -0.285. The third-order valence-electron chi connectivity index (χ3n) is 4.02. The average Bonchev–Trinajstić information content (AvgIpc) is 3.09. The third kappa shape index (κ3) is 2.40.